The van der Waals surface area contributed by atoms with Gasteiger partial charge in [0.1, 0.15) is 6.04 Å². The minimum Gasteiger partial charge on any atom is -0.480 e. The predicted molar refractivity (Wildman–Crippen MR) is 57.5 cm³/mol. The Bertz CT molecular complexity index is 402. The molecule has 94 valence electrons. The van der Waals surface area contributed by atoms with Gasteiger partial charge in [0.25, 0.3) is 11.7 Å². The van der Waals surface area contributed by atoms with E-state index in [4.69, 9.17) is 5.11 Å². The highest BCUT2D eigenvalue weighted by molar-refractivity contribution is 5.93. The Balaban J connectivity index is 2.60. The van der Waals surface area contributed by atoms with E-state index in [1.165, 1.54) is 0 Å². The van der Waals surface area contributed by atoms with E-state index < -0.39 is 17.9 Å². The summed E-state index contributed by atoms with van der Waals surface area (Å²) in [6.07, 6.45) is 1.97. The average Bonchev–Trinajstić information content (AvgIpc) is 2.70. The minimum atomic E-state index is -1.06. The van der Waals surface area contributed by atoms with Crippen LogP contribution in [0, 0.1) is 6.92 Å². The summed E-state index contributed by atoms with van der Waals surface area (Å²) in [6.45, 7) is 3.50. The molecule has 0 spiro atoms. The smallest absolute Gasteiger partial charge is 0.326 e. The molecule has 0 saturated carbocycles. The highest BCUT2D eigenvalue weighted by atomic mass is 16.5. The molecule has 1 heterocycles. The number of aliphatic carboxylic acids is 1. The van der Waals surface area contributed by atoms with E-state index in [9.17, 15) is 9.59 Å². The zero-order chi connectivity index (χ0) is 12.8. The van der Waals surface area contributed by atoms with E-state index in [1.54, 1.807) is 6.92 Å². The third-order valence-electron chi connectivity index (χ3n) is 2.18. The largest absolute Gasteiger partial charge is 0.480 e. The number of carbonyl (C=O) groups is 2. The van der Waals surface area contributed by atoms with E-state index in [0.717, 1.165) is 12.8 Å². The first-order valence-corrected chi connectivity index (χ1v) is 5.38. The van der Waals surface area contributed by atoms with Crippen molar-refractivity contribution in [2.75, 3.05) is 0 Å². The van der Waals surface area contributed by atoms with Crippen molar-refractivity contribution in [3.63, 3.8) is 0 Å². The normalized spacial score (nSPS) is 12.1. The molecule has 1 aromatic heterocycles. The maximum absolute atomic E-state index is 11.6. The molecule has 2 N–H and O–H groups in total. The summed E-state index contributed by atoms with van der Waals surface area (Å²) in [5, 5.41) is 14.7. The van der Waals surface area contributed by atoms with Crippen molar-refractivity contribution in [1.82, 2.24) is 15.5 Å². The molecule has 1 amide bonds. The maximum atomic E-state index is 11.6. The first-order valence-electron chi connectivity index (χ1n) is 5.38. The molecule has 0 saturated heterocycles. The summed E-state index contributed by atoms with van der Waals surface area (Å²) >= 11 is 0. The second-order valence-corrected chi connectivity index (χ2v) is 3.64. The number of rotatable bonds is 6. The fourth-order valence-corrected chi connectivity index (χ4v) is 1.28. The van der Waals surface area contributed by atoms with Crippen LogP contribution in [0.15, 0.2) is 4.52 Å². The zero-order valence-electron chi connectivity index (χ0n) is 9.77. The van der Waals surface area contributed by atoms with Gasteiger partial charge in [-0.25, -0.2) is 4.79 Å². The number of nitrogens with zero attached hydrogens (tertiary/aromatic N) is 2. The molecule has 0 unspecified atom stereocenters. The third kappa shape index (κ3) is 3.86. The Morgan fingerprint density at radius 1 is 1.53 bits per heavy atom. The predicted octanol–water partition coefficient (Wildman–Crippen LogP) is 0.751. The lowest BCUT2D eigenvalue weighted by atomic mass is 10.1. The van der Waals surface area contributed by atoms with Crippen molar-refractivity contribution >= 4 is 11.9 Å². The Kier molecular flexibility index (Phi) is 4.62. The van der Waals surface area contributed by atoms with E-state index in [1.807, 2.05) is 6.92 Å². The van der Waals surface area contributed by atoms with Crippen LogP contribution in [0.5, 0.6) is 0 Å². The Hall–Kier alpha value is -1.92. The van der Waals surface area contributed by atoms with Crippen LogP contribution in [-0.4, -0.2) is 33.2 Å². The number of carbonyl (C=O) groups excluding carboxylic acids is 1. The molecule has 0 fully saturated rings. The number of aryl methyl sites for hydroxylation is 1. The van der Waals surface area contributed by atoms with Gasteiger partial charge >= 0.3 is 5.97 Å². The number of hydrogen-bond acceptors (Lipinski definition) is 5. The summed E-state index contributed by atoms with van der Waals surface area (Å²) in [5.41, 5.74) is 0. The molecule has 0 radical (unpaired) electrons. The first-order chi connectivity index (χ1) is 8.04. The molecule has 1 rings (SSSR count). The lowest BCUT2D eigenvalue weighted by Crippen LogP contribution is -2.41. The van der Waals surface area contributed by atoms with Crippen molar-refractivity contribution in [2.24, 2.45) is 0 Å². The zero-order valence-corrected chi connectivity index (χ0v) is 9.77. The van der Waals surface area contributed by atoms with Gasteiger partial charge in [0, 0.05) is 6.92 Å². The monoisotopic (exact) mass is 241 g/mol. The molecule has 17 heavy (non-hydrogen) atoms. The van der Waals surface area contributed by atoms with Crippen LogP contribution in [0.4, 0.5) is 0 Å². The summed E-state index contributed by atoms with van der Waals surface area (Å²) in [4.78, 5) is 26.2. The molecule has 0 aromatic carbocycles. The van der Waals surface area contributed by atoms with E-state index in [2.05, 4.69) is 20.0 Å². The summed E-state index contributed by atoms with van der Waals surface area (Å²) in [5.74, 6) is -1.58. The highest BCUT2D eigenvalue weighted by Crippen LogP contribution is 2.02. The molecule has 0 aliphatic heterocycles. The Labute approximate surface area is 98.2 Å². The number of nitrogens with one attached hydrogen (secondary N) is 1. The Morgan fingerprint density at radius 3 is 2.71 bits per heavy atom. The van der Waals surface area contributed by atoms with E-state index in [0.29, 0.717) is 6.42 Å². The first kappa shape index (κ1) is 13.1. The van der Waals surface area contributed by atoms with Crippen molar-refractivity contribution in [3.8, 4) is 0 Å². The number of amides is 1. The van der Waals surface area contributed by atoms with Crippen LogP contribution in [0.2, 0.25) is 0 Å². The van der Waals surface area contributed by atoms with Gasteiger partial charge in [0.05, 0.1) is 0 Å². The van der Waals surface area contributed by atoms with Gasteiger partial charge in [0.15, 0.2) is 0 Å². The highest BCUT2D eigenvalue weighted by Gasteiger charge is 2.22. The van der Waals surface area contributed by atoms with Gasteiger partial charge in [0.2, 0.25) is 5.89 Å². The van der Waals surface area contributed by atoms with E-state index in [-0.39, 0.29) is 11.7 Å². The molecule has 0 aliphatic rings. The van der Waals surface area contributed by atoms with Crippen LogP contribution in [-0.2, 0) is 4.79 Å². The Morgan fingerprint density at radius 2 is 2.24 bits per heavy atom. The van der Waals surface area contributed by atoms with Gasteiger partial charge in [-0.2, -0.15) is 4.98 Å². The lowest BCUT2D eigenvalue weighted by Gasteiger charge is -2.12. The van der Waals surface area contributed by atoms with Crippen molar-refractivity contribution < 1.29 is 19.2 Å². The summed E-state index contributed by atoms with van der Waals surface area (Å²) in [6, 6.07) is -0.916. The SMILES string of the molecule is CCCC[C@H](NC(=O)c1noc(C)n1)C(=O)O. The van der Waals surface area contributed by atoms with Crippen molar-refractivity contribution in [1.29, 1.82) is 0 Å². The second kappa shape index (κ2) is 5.97. The van der Waals surface area contributed by atoms with Crippen molar-refractivity contribution in [2.45, 2.75) is 39.2 Å². The van der Waals surface area contributed by atoms with Crippen LogP contribution in [0.1, 0.15) is 42.7 Å². The molecule has 1 atom stereocenters. The topological polar surface area (TPSA) is 105 Å². The van der Waals surface area contributed by atoms with Crippen LogP contribution in [0.25, 0.3) is 0 Å². The van der Waals surface area contributed by atoms with Gasteiger partial charge in [-0.1, -0.05) is 24.9 Å². The molecule has 0 aliphatic carbocycles. The number of carboxylic acid groups (broad SMARTS) is 1. The van der Waals surface area contributed by atoms with Gasteiger partial charge < -0.3 is 14.9 Å². The lowest BCUT2D eigenvalue weighted by molar-refractivity contribution is -0.139. The standard InChI is InChI=1S/C10H15N3O4/c1-3-4-5-7(10(15)16)12-9(14)8-11-6(2)17-13-8/h7H,3-5H2,1-2H3,(H,12,14)(H,15,16)/t7-/m0/s1. The second-order valence-electron chi connectivity index (χ2n) is 3.64. The number of hydrogen-bond donors (Lipinski definition) is 2. The van der Waals surface area contributed by atoms with Crippen LogP contribution >= 0.6 is 0 Å². The van der Waals surface area contributed by atoms with Crippen LogP contribution in [0.3, 0.4) is 0 Å². The number of unbranched alkanes of at least 4 members (excludes halogenated alkanes) is 1. The number of carboxylic acids is 1. The maximum Gasteiger partial charge on any atom is 0.326 e. The minimum absolute atomic E-state index is 0.148. The molecule has 0 bridgehead atoms. The van der Waals surface area contributed by atoms with Gasteiger partial charge in [-0.3, -0.25) is 4.79 Å². The van der Waals surface area contributed by atoms with Crippen LogP contribution < -0.4 is 5.32 Å². The quantitative estimate of drug-likeness (QED) is 0.761. The van der Waals surface area contributed by atoms with Gasteiger partial charge in [-0.15, -0.1) is 0 Å². The summed E-state index contributed by atoms with van der Waals surface area (Å²) < 4.78 is 4.64. The molecule has 7 heteroatoms. The van der Waals surface area contributed by atoms with E-state index >= 15 is 0 Å². The summed E-state index contributed by atoms with van der Waals surface area (Å²) in [7, 11) is 0. The molecular formula is C10H15N3O4. The molecule has 7 nitrogen and oxygen atoms in total. The average molecular weight is 241 g/mol. The molecule has 1 aromatic rings. The molecular weight excluding hydrogens is 226 g/mol. The van der Waals surface area contributed by atoms with Crippen molar-refractivity contribution in [3.05, 3.63) is 11.7 Å². The third-order valence-corrected chi connectivity index (χ3v) is 2.18. The fourth-order valence-electron chi connectivity index (χ4n) is 1.28. The van der Waals surface area contributed by atoms with Gasteiger partial charge in [-0.05, 0) is 6.42 Å². The fraction of sp³-hybridized carbons (Fsp3) is 0.600. The number of aromatic nitrogens is 2.